The lowest BCUT2D eigenvalue weighted by atomic mass is 10.2. The maximum atomic E-state index is 11.8. The molecule has 1 aromatic carbocycles. The van der Waals surface area contributed by atoms with Gasteiger partial charge in [0.15, 0.2) is 0 Å². The molecule has 0 atom stereocenters. The molecule has 0 aliphatic carbocycles. The molecule has 2 rings (SSSR count). The normalized spacial score (nSPS) is 10.5. The number of carbonyl (C=O) groups excluding carboxylic acids is 1. The molecular formula is C13H10BrN3O. The fourth-order valence-corrected chi connectivity index (χ4v) is 1.78. The molecule has 90 valence electrons. The van der Waals surface area contributed by atoms with E-state index in [-0.39, 0.29) is 5.91 Å². The minimum atomic E-state index is -0.269. The monoisotopic (exact) mass is 303 g/mol. The van der Waals surface area contributed by atoms with Crippen LogP contribution in [-0.2, 0) is 0 Å². The predicted octanol–water partition coefficient (Wildman–Crippen LogP) is 2.61. The van der Waals surface area contributed by atoms with Gasteiger partial charge in [0.25, 0.3) is 5.91 Å². The number of nitrogens with zero attached hydrogens (tertiary/aromatic N) is 2. The number of carbonyl (C=O) groups is 1. The molecule has 0 fully saturated rings. The Balaban J connectivity index is 2.01. The van der Waals surface area contributed by atoms with Gasteiger partial charge in [-0.25, -0.2) is 5.43 Å². The van der Waals surface area contributed by atoms with Crippen molar-refractivity contribution in [2.75, 3.05) is 0 Å². The second kappa shape index (κ2) is 6.07. The number of hydrogen-bond acceptors (Lipinski definition) is 3. The van der Waals surface area contributed by atoms with Crippen molar-refractivity contribution in [3.8, 4) is 0 Å². The minimum absolute atomic E-state index is 0.269. The van der Waals surface area contributed by atoms with Crippen molar-refractivity contribution < 1.29 is 4.79 Å². The van der Waals surface area contributed by atoms with Crippen LogP contribution < -0.4 is 5.43 Å². The Labute approximate surface area is 113 Å². The molecule has 1 heterocycles. The Hall–Kier alpha value is -2.01. The molecule has 1 aromatic heterocycles. The molecule has 4 nitrogen and oxygen atoms in total. The molecule has 0 aliphatic rings. The number of hydrogen-bond donors (Lipinski definition) is 1. The van der Waals surface area contributed by atoms with E-state index in [0.717, 1.165) is 4.47 Å². The number of benzene rings is 1. The van der Waals surface area contributed by atoms with Gasteiger partial charge < -0.3 is 0 Å². The standard InChI is InChI=1S/C13H10BrN3O/c14-12-7-2-1-6-11(12)13(18)17-16-9-10-5-3-4-8-15-10/h1-9H,(H,17,18)/b16-9-. The molecule has 1 amide bonds. The largest absolute Gasteiger partial charge is 0.272 e. The van der Waals surface area contributed by atoms with E-state index in [9.17, 15) is 4.79 Å². The second-order valence-corrected chi connectivity index (χ2v) is 4.29. The number of aromatic nitrogens is 1. The van der Waals surface area contributed by atoms with E-state index in [1.54, 1.807) is 30.5 Å². The summed E-state index contributed by atoms with van der Waals surface area (Å²) in [6, 6.07) is 12.6. The Morgan fingerprint density at radius 2 is 2.00 bits per heavy atom. The van der Waals surface area contributed by atoms with Gasteiger partial charge in [-0.15, -0.1) is 0 Å². The van der Waals surface area contributed by atoms with Crippen LogP contribution in [0.1, 0.15) is 16.1 Å². The summed E-state index contributed by atoms with van der Waals surface area (Å²) in [6.07, 6.45) is 3.16. The third kappa shape index (κ3) is 3.24. The number of halogens is 1. The van der Waals surface area contributed by atoms with Crippen molar-refractivity contribution in [2.24, 2.45) is 5.10 Å². The third-order valence-electron chi connectivity index (χ3n) is 2.17. The molecule has 0 saturated heterocycles. The molecule has 0 aliphatic heterocycles. The molecule has 0 radical (unpaired) electrons. The molecule has 0 bridgehead atoms. The summed E-state index contributed by atoms with van der Waals surface area (Å²) in [6.45, 7) is 0. The van der Waals surface area contributed by atoms with Crippen molar-refractivity contribution in [3.05, 3.63) is 64.4 Å². The summed E-state index contributed by atoms with van der Waals surface area (Å²) >= 11 is 3.31. The lowest BCUT2D eigenvalue weighted by Gasteiger charge is -2.01. The molecule has 0 saturated carbocycles. The van der Waals surface area contributed by atoms with Crippen LogP contribution in [0, 0.1) is 0 Å². The zero-order valence-electron chi connectivity index (χ0n) is 9.38. The number of rotatable bonds is 3. The van der Waals surface area contributed by atoms with Crippen molar-refractivity contribution in [1.29, 1.82) is 0 Å². The fourth-order valence-electron chi connectivity index (χ4n) is 1.31. The lowest BCUT2D eigenvalue weighted by Crippen LogP contribution is -2.18. The molecule has 2 aromatic rings. The highest BCUT2D eigenvalue weighted by Gasteiger charge is 2.07. The second-order valence-electron chi connectivity index (χ2n) is 3.43. The van der Waals surface area contributed by atoms with E-state index in [4.69, 9.17) is 0 Å². The van der Waals surface area contributed by atoms with Gasteiger partial charge in [0.05, 0.1) is 17.5 Å². The molecule has 1 N–H and O–H groups in total. The minimum Gasteiger partial charge on any atom is -0.267 e. The van der Waals surface area contributed by atoms with Crippen LogP contribution in [-0.4, -0.2) is 17.1 Å². The van der Waals surface area contributed by atoms with Gasteiger partial charge in [-0.2, -0.15) is 5.10 Å². The van der Waals surface area contributed by atoms with Crippen molar-refractivity contribution in [2.45, 2.75) is 0 Å². The Bertz CT molecular complexity index is 569. The average Bonchev–Trinajstić information content (AvgIpc) is 2.40. The molecule has 5 heteroatoms. The summed E-state index contributed by atoms with van der Waals surface area (Å²) < 4.78 is 0.732. The van der Waals surface area contributed by atoms with Crippen LogP contribution in [0.3, 0.4) is 0 Å². The van der Waals surface area contributed by atoms with E-state index < -0.39 is 0 Å². The molecule has 18 heavy (non-hydrogen) atoms. The zero-order chi connectivity index (χ0) is 12.8. The number of pyridine rings is 1. The summed E-state index contributed by atoms with van der Waals surface area (Å²) in [7, 11) is 0. The van der Waals surface area contributed by atoms with Crippen LogP contribution in [0.25, 0.3) is 0 Å². The van der Waals surface area contributed by atoms with Gasteiger partial charge in [-0.3, -0.25) is 9.78 Å². The Kier molecular flexibility index (Phi) is 4.20. The first-order valence-electron chi connectivity index (χ1n) is 5.26. The highest BCUT2D eigenvalue weighted by Crippen LogP contribution is 2.15. The third-order valence-corrected chi connectivity index (χ3v) is 2.86. The lowest BCUT2D eigenvalue weighted by molar-refractivity contribution is 0.0954. The molecular weight excluding hydrogens is 294 g/mol. The highest BCUT2D eigenvalue weighted by atomic mass is 79.9. The number of hydrazone groups is 1. The first-order valence-corrected chi connectivity index (χ1v) is 6.05. The highest BCUT2D eigenvalue weighted by molar-refractivity contribution is 9.10. The topological polar surface area (TPSA) is 54.4 Å². The summed E-state index contributed by atoms with van der Waals surface area (Å²) in [4.78, 5) is 15.8. The van der Waals surface area contributed by atoms with Gasteiger partial charge in [-0.05, 0) is 40.2 Å². The summed E-state index contributed by atoms with van der Waals surface area (Å²) in [5.41, 5.74) is 3.67. The molecule has 0 unspecified atom stereocenters. The van der Waals surface area contributed by atoms with Crippen molar-refractivity contribution in [1.82, 2.24) is 10.4 Å². The summed E-state index contributed by atoms with van der Waals surface area (Å²) in [5, 5.41) is 3.85. The van der Waals surface area contributed by atoms with Crippen LogP contribution >= 0.6 is 15.9 Å². The quantitative estimate of drug-likeness (QED) is 0.700. The predicted molar refractivity (Wildman–Crippen MR) is 73.4 cm³/mol. The van der Waals surface area contributed by atoms with Gasteiger partial charge >= 0.3 is 0 Å². The first kappa shape index (κ1) is 12.4. The van der Waals surface area contributed by atoms with E-state index in [1.807, 2.05) is 18.2 Å². The fraction of sp³-hybridized carbons (Fsp3) is 0. The molecule has 0 spiro atoms. The smallest absolute Gasteiger partial charge is 0.267 e. The van der Waals surface area contributed by atoms with E-state index in [2.05, 4.69) is 31.4 Å². The average molecular weight is 304 g/mol. The number of amides is 1. The van der Waals surface area contributed by atoms with E-state index in [0.29, 0.717) is 11.3 Å². The van der Waals surface area contributed by atoms with Crippen molar-refractivity contribution in [3.63, 3.8) is 0 Å². The first-order chi connectivity index (χ1) is 8.77. The van der Waals surface area contributed by atoms with E-state index >= 15 is 0 Å². The number of nitrogens with one attached hydrogen (secondary N) is 1. The van der Waals surface area contributed by atoms with Gasteiger partial charge in [0.2, 0.25) is 0 Å². The van der Waals surface area contributed by atoms with Crippen LogP contribution in [0.4, 0.5) is 0 Å². The Morgan fingerprint density at radius 1 is 1.22 bits per heavy atom. The summed E-state index contributed by atoms with van der Waals surface area (Å²) in [5.74, 6) is -0.269. The maximum absolute atomic E-state index is 11.8. The van der Waals surface area contributed by atoms with Gasteiger partial charge in [0, 0.05) is 10.7 Å². The zero-order valence-corrected chi connectivity index (χ0v) is 11.0. The van der Waals surface area contributed by atoms with Crippen LogP contribution in [0.2, 0.25) is 0 Å². The maximum Gasteiger partial charge on any atom is 0.272 e. The van der Waals surface area contributed by atoms with Gasteiger partial charge in [0.1, 0.15) is 0 Å². The Morgan fingerprint density at radius 3 is 2.72 bits per heavy atom. The van der Waals surface area contributed by atoms with Gasteiger partial charge in [-0.1, -0.05) is 18.2 Å². The SMILES string of the molecule is O=C(N/N=C\c1ccccn1)c1ccccc1Br. The van der Waals surface area contributed by atoms with Crippen molar-refractivity contribution >= 4 is 28.1 Å². The van der Waals surface area contributed by atoms with E-state index in [1.165, 1.54) is 6.21 Å². The van der Waals surface area contributed by atoms with Crippen LogP contribution in [0.5, 0.6) is 0 Å². The van der Waals surface area contributed by atoms with Crippen LogP contribution in [0.15, 0.2) is 58.2 Å².